The van der Waals surface area contributed by atoms with Gasteiger partial charge in [0.05, 0.1) is 5.56 Å². The van der Waals surface area contributed by atoms with E-state index in [0.29, 0.717) is 11.3 Å². The smallest absolute Gasteiger partial charge is 0.339 e. The van der Waals surface area contributed by atoms with Crippen LogP contribution in [-0.4, -0.2) is 12.6 Å². The van der Waals surface area contributed by atoms with Crippen molar-refractivity contribution in [2.75, 3.05) is 12.3 Å². The number of anilines is 1. The molecule has 0 heterocycles. The quantitative estimate of drug-likeness (QED) is 0.415. The summed E-state index contributed by atoms with van der Waals surface area (Å²) in [5, 5.41) is 0. The van der Waals surface area contributed by atoms with Gasteiger partial charge in [0, 0.05) is 5.69 Å². The summed E-state index contributed by atoms with van der Waals surface area (Å²) in [6.07, 6.45) is 4.93. The van der Waals surface area contributed by atoms with Crippen molar-refractivity contribution in [3.63, 3.8) is 0 Å². The molecule has 66 valence electrons. The Morgan fingerprint density at radius 3 is 2.62 bits per heavy atom. The second-order valence-corrected chi connectivity index (χ2v) is 2.40. The minimum absolute atomic E-state index is 0.0107. The van der Waals surface area contributed by atoms with E-state index in [9.17, 15) is 4.79 Å². The van der Waals surface area contributed by atoms with E-state index in [1.807, 2.05) is 0 Å². The lowest BCUT2D eigenvalue weighted by molar-refractivity contribution is 0.0557. The largest absolute Gasteiger partial charge is 0.449 e. The topological polar surface area (TPSA) is 52.3 Å². The monoisotopic (exact) mass is 175 g/mol. The Morgan fingerprint density at radius 2 is 2.08 bits per heavy atom. The highest BCUT2D eigenvalue weighted by molar-refractivity contribution is 5.89. The lowest BCUT2D eigenvalue weighted by atomic mass is 10.2. The van der Waals surface area contributed by atoms with Gasteiger partial charge in [-0.15, -0.1) is 6.42 Å². The lowest BCUT2D eigenvalue weighted by Gasteiger charge is -2.00. The number of hydrogen-bond acceptors (Lipinski definition) is 3. The summed E-state index contributed by atoms with van der Waals surface area (Å²) in [7, 11) is 0. The van der Waals surface area contributed by atoms with Crippen molar-refractivity contribution in [2.24, 2.45) is 0 Å². The molecule has 0 bridgehead atoms. The van der Waals surface area contributed by atoms with Crippen LogP contribution in [0.4, 0.5) is 5.69 Å². The first-order valence-electron chi connectivity index (χ1n) is 3.70. The highest BCUT2D eigenvalue weighted by atomic mass is 16.5. The molecular weight excluding hydrogens is 166 g/mol. The molecule has 0 atom stereocenters. The third-order valence-electron chi connectivity index (χ3n) is 1.43. The third kappa shape index (κ3) is 2.53. The normalized spacial score (nSPS) is 8.85. The summed E-state index contributed by atoms with van der Waals surface area (Å²) < 4.78 is 4.70. The van der Waals surface area contributed by atoms with Crippen LogP contribution in [0.25, 0.3) is 0 Å². The number of carbonyl (C=O) groups excluding carboxylic acids is 1. The second-order valence-electron chi connectivity index (χ2n) is 2.40. The minimum Gasteiger partial charge on any atom is -0.449 e. The summed E-state index contributed by atoms with van der Waals surface area (Å²) in [4.78, 5) is 11.2. The Hall–Kier alpha value is -1.95. The van der Waals surface area contributed by atoms with Gasteiger partial charge in [-0.2, -0.15) is 0 Å². The fourth-order valence-corrected chi connectivity index (χ4v) is 0.810. The number of nitrogens with two attached hydrogens (primary N) is 1. The van der Waals surface area contributed by atoms with Crippen molar-refractivity contribution in [3.05, 3.63) is 29.8 Å². The maximum Gasteiger partial charge on any atom is 0.339 e. The number of carbonyl (C=O) groups is 1. The number of benzene rings is 1. The van der Waals surface area contributed by atoms with Gasteiger partial charge in [-0.1, -0.05) is 5.92 Å². The molecule has 0 fully saturated rings. The van der Waals surface area contributed by atoms with Crippen LogP contribution in [0.15, 0.2) is 24.3 Å². The highest BCUT2D eigenvalue weighted by Gasteiger charge is 2.04. The van der Waals surface area contributed by atoms with Crippen LogP contribution < -0.4 is 5.73 Å². The molecule has 0 spiro atoms. The molecule has 2 N–H and O–H groups in total. The van der Waals surface area contributed by atoms with Crippen LogP contribution in [0.1, 0.15) is 10.4 Å². The van der Waals surface area contributed by atoms with Crippen molar-refractivity contribution in [1.82, 2.24) is 0 Å². The molecule has 3 heteroatoms. The minimum atomic E-state index is -0.432. The zero-order chi connectivity index (χ0) is 9.68. The maximum absolute atomic E-state index is 11.2. The number of rotatable bonds is 2. The second kappa shape index (κ2) is 4.17. The summed E-state index contributed by atoms with van der Waals surface area (Å²) in [6.45, 7) is -0.0107. The van der Waals surface area contributed by atoms with Gasteiger partial charge in [-0.25, -0.2) is 4.79 Å². The molecule has 0 aliphatic carbocycles. The SMILES string of the molecule is C#CCOC(=O)c1ccc(N)cc1. The van der Waals surface area contributed by atoms with Gasteiger partial charge in [-0.3, -0.25) is 0 Å². The molecular formula is C10H9NO2. The van der Waals surface area contributed by atoms with Gasteiger partial charge in [-0.05, 0) is 24.3 Å². The fraction of sp³-hybridized carbons (Fsp3) is 0.100. The maximum atomic E-state index is 11.2. The zero-order valence-corrected chi connectivity index (χ0v) is 6.99. The van der Waals surface area contributed by atoms with E-state index in [4.69, 9.17) is 16.9 Å². The Morgan fingerprint density at radius 1 is 1.46 bits per heavy atom. The van der Waals surface area contributed by atoms with Crippen molar-refractivity contribution < 1.29 is 9.53 Å². The first-order chi connectivity index (χ1) is 6.24. The number of terminal acetylenes is 1. The standard InChI is InChI=1S/C10H9NO2/c1-2-7-13-10(12)8-3-5-9(11)6-4-8/h1,3-6H,7,11H2. The van der Waals surface area contributed by atoms with Crippen LogP contribution in [0, 0.1) is 12.3 Å². The first-order valence-corrected chi connectivity index (χ1v) is 3.70. The predicted octanol–water partition coefficient (Wildman–Crippen LogP) is 1.06. The zero-order valence-electron chi connectivity index (χ0n) is 6.99. The van der Waals surface area contributed by atoms with Crippen molar-refractivity contribution in [2.45, 2.75) is 0 Å². The van der Waals surface area contributed by atoms with Gasteiger partial charge in [0.15, 0.2) is 6.61 Å². The Balaban J connectivity index is 2.68. The lowest BCUT2D eigenvalue weighted by Crippen LogP contribution is -2.05. The molecule has 0 amide bonds. The van der Waals surface area contributed by atoms with Crippen LogP contribution in [-0.2, 0) is 4.74 Å². The molecule has 1 aromatic rings. The number of hydrogen-bond donors (Lipinski definition) is 1. The van der Waals surface area contributed by atoms with Gasteiger partial charge < -0.3 is 10.5 Å². The average molecular weight is 175 g/mol. The van der Waals surface area contributed by atoms with E-state index in [2.05, 4.69) is 5.92 Å². The highest BCUT2D eigenvalue weighted by Crippen LogP contribution is 2.06. The average Bonchev–Trinajstić information content (AvgIpc) is 2.15. The van der Waals surface area contributed by atoms with E-state index < -0.39 is 5.97 Å². The van der Waals surface area contributed by atoms with E-state index in [-0.39, 0.29) is 6.61 Å². The molecule has 0 saturated carbocycles. The van der Waals surface area contributed by atoms with Crippen molar-refractivity contribution >= 4 is 11.7 Å². The Bertz CT molecular complexity index is 335. The molecule has 0 radical (unpaired) electrons. The summed E-state index contributed by atoms with van der Waals surface area (Å²) in [5.41, 5.74) is 6.50. The van der Waals surface area contributed by atoms with Crippen LogP contribution >= 0.6 is 0 Å². The predicted molar refractivity (Wildman–Crippen MR) is 50.0 cm³/mol. The summed E-state index contributed by atoms with van der Waals surface area (Å²) >= 11 is 0. The van der Waals surface area contributed by atoms with Gasteiger partial charge >= 0.3 is 5.97 Å². The molecule has 0 aromatic heterocycles. The van der Waals surface area contributed by atoms with E-state index >= 15 is 0 Å². The molecule has 0 aliphatic rings. The fourth-order valence-electron chi connectivity index (χ4n) is 0.810. The molecule has 1 rings (SSSR count). The van der Waals surface area contributed by atoms with E-state index in [0.717, 1.165) is 0 Å². The summed E-state index contributed by atoms with van der Waals surface area (Å²) in [6, 6.07) is 6.45. The van der Waals surface area contributed by atoms with E-state index in [1.54, 1.807) is 24.3 Å². The summed E-state index contributed by atoms with van der Waals surface area (Å²) in [5.74, 6) is 1.78. The van der Waals surface area contributed by atoms with Crippen molar-refractivity contribution in [3.8, 4) is 12.3 Å². The van der Waals surface area contributed by atoms with Crippen LogP contribution in [0.5, 0.6) is 0 Å². The third-order valence-corrected chi connectivity index (χ3v) is 1.43. The number of nitrogen functional groups attached to an aromatic ring is 1. The van der Waals surface area contributed by atoms with Gasteiger partial charge in [0.25, 0.3) is 0 Å². The molecule has 0 unspecified atom stereocenters. The Labute approximate surface area is 76.5 Å². The van der Waals surface area contributed by atoms with Crippen molar-refractivity contribution in [1.29, 1.82) is 0 Å². The molecule has 13 heavy (non-hydrogen) atoms. The Kier molecular flexibility index (Phi) is 2.93. The number of ether oxygens (including phenoxy) is 1. The van der Waals surface area contributed by atoms with Crippen LogP contribution in [0.3, 0.4) is 0 Å². The molecule has 0 aliphatic heterocycles. The first kappa shape index (κ1) is 9.14. The van der Waals surface area contributed by atoms with Crippen LogP contribution in [0.2, 0.25) is 0 Å². The molecule has 3 nitrogen and oxygen atoms in total. The molecule has 0 saturated heterocycles. The molecule has 1 aromatic carbocycles. The van der Waals surface area contributed by atoms with Gasteiger partial charge in [0.2, 0.25) is 0 Å². The van der Waals surface area contributed by atoms with E-state index in [1.165, 1.54) is 0 Å². The van der Waals surface area contributed by atoms with Gasteiger partial charge in [0.1, 0.15) is 0 Å². The number of esters is 1.